The second-order valence-electron chi connectivity index (χ2n) is 4.89. The topological polar surface area (TPSA) is 12.0 Å². The Balaban J connectivity index is 2.19. The van der Waals surface area contributed by atoms with E-state index in [9.17, 15) is 4.39 Å². The number of aryl methyl sites for hydroxylation is 1. The monoisotopic (exact) mass is 285 g/mol. The Kier molecular flexibility index (Phi) is 3.55. The summed E-state index contributed by atoms with van der Waals surface area (Å²) in [5, 5.41) is 6.54. The van der Waals surface area contributed by atoms with Gasteiger partial charge in [0, 0.05) is 10.3 Å². The highest BCUT2D eigenvalue weighted by Gasteiger charge is 2.19. The number of benzene rings is 2. The normalized spacial score (nSPS) is 12.8. The first-order valence-corrected chi connectivity index (χ1v) is 7.48. The van der Waals surface area contributed by atoms with Gasteiger partial charge in [-0.05, 0) is 41.9 Å². The molecule has 102 valence electrons. The van der Waals surface area contributed by atoms with Crippen LogP contribution in [-0.4, -0.2) is 7.05 Å². The van der Waals surface area contributed by atoms with Crippen LogP contribution < -0.4 is 5.32 Å². The van der Waals surface area contributed by atoms with Gasteiger partial charge in [-0.2, -0.15) is 0 Å². The fraction of sp³-hybridized carbons (Fsp3) is 0.176. The number of rotatable bonds is 3. The minimum absolute atomic E-state index is 0.125. The summed E-state index contributed by atoms with van der Waals surface area (Å²) in [5.41, 5.74) is 2.51. The third-order valence-electron chi connectivity index (χ3n) is 3.64. The van der Waals surface area contributed by atoms with E-state index < -0.39 is 0 Å². The zero-order valence-corrected chi connectivity index (χ0v) is 12.3. The fourth-order valence-electron chi connectivity index (χ4n) is 2.62. The van der Waals surface area contributed by atoms with E-state index in [-0.39, 0.29) is 11.9 Å². The van der Waals surface area contributed by atoms with E-state index in [0.29, 0.717) is 11.1 Å². The van der Waals surface area contributed by atoms with Gasteiger partial charge in [0.2, 0.25) is 0 Å². The molecule has 0 fully saturated rings. The van der Waals surface area contributed by atoms with E-state index >= 15 is 0 Å². The van der Waals surface area contributed by atoms with Crippen LogP contribution >= 0.6 is 11.3 Å². The molecule has 3 aromatic rings. The summed E-state index contributed by atoms with van der Waals surface area (Å²) in [6, 6.07) is 13.7. The average molecular weight is 285 g/mol. The molecule has 0 spiro atoms. The van der Waals surface area contributed by atoms with Crippen LogP contribution in [0, 0.1) is 12.7 Å². The van der Waals surface area contributed by atoms with Gasteiger partial charge in [0.1, 0.15) is 5.82 Å². The van der Waals surface area contributed by atoms with Gasteiger partial charge in [0.05, 0.1) is 6.04 Å². The van der Waals surface area contributed by atoms with E-state index in [2.05, 4.69) is 28.9 Å². The number of hydrogen-bond donors (Lipinski definition) is 1. The summed E-state index contributed by atoms with van der Waals surface area (Å²) < 4.78 is 15.6. The van der Waals surface area contributed by atoms with E-state index in [0.717, 1.165) is 5.56 Å². The van der Waals surface area contributed by atoms with Crippen LogP contribution in [-0.2, 0) is 0 Å². The Labute approximate surface area is 122 Å². The molecule has 1 heterocycles. The number of hydrogen-bond acceptors (Lipinski definition) is 2. The Morgan fingerprint density at radius 2 is 1.80 bits per heavy atom. The van der Waals surface area contributed by atoms with Crippen LogP contribution in [0.25, 0.3) is 10.1 Å². The van der Waals surface area contributed by atoms with Crippen molar-refractivity contribution >= 4 is 21.4 Å². The third kappa shape index (κ3) is 2.13. The van der Waals surface area contributed by atoms with Gasteiger partial charge >= 0.3 is 0 Å². The Hall–Kier alpha value is -1.71. The molecule has 1 unspecified atom stereocenters. The molecule has 1 aromatic heterocycles. The van der Waals surface area contributed by atoms with Crippen molar-refractivity contribution in [3.63, 3.8) is 0 Å². The van der Waals surface area contributed by atoms with E-state index in [4.69, 9.17) is 0 Å². The molecule has 0 aliphatic rings. The van der Waals surface area contributed by atoms with Gasteiger partial charge in [0.15, 0.2) is 0 Å². The molecule has 3 heteroatoms. The molecular formula is C17H16FNS. The maximum Gasteiger partial charge on any atom is 0.131 e. The molecule has 0 saturated carbocycles. The van der Waals surface area contributed by atoms with E-state index in [1.165, 1.54) is 10.1 Å². The average Bonchev–Trinajstić information content (AvgIpc) is 2.93. The highest BCUT2D eigenvalue weighted by molar-refractivity contribution is 7.17. The van der Waals surface area contributed by atoms with Crippen LogP contribution in [0.3, 0.4) is 0 Å². The standard InChI is InChI=1S/C17H16FNS/c1-11-5-3-7-13(15(11)18)16(19-2)14-8-4-6-12-9-10-20-17(12)14/h3-10,16,19H,1-2H3. The van der Waals surface area contributed by atoms with Gasteiger partial charge in [0.25, 0.3) is 0 Å². The van der Waals surface area contributed by atoms with Crippen LogP contribution in [0.4, 0.5) is 4.39 Å². The van der Waals surface area contributed by atoms with Crippen LogP contribution in [0.2, 0.25) is 0 Å². The largest absolute Gasteiger partial charge is 0.309 e. The van der Waals surface area contributed by atoms with Gasteiger partial charge in [-0.3, -0.25) is 0 Å². The summed E-state index contributed by atoms with van der Waals surface area (Å²) in [6.45, 7) is 1.80. The Morgan fingerprint density at radius 1 is 1.05 bits per heavy atom. The molecule has 0 aliphatic heterocycles. The minimum atomic E-state index is -0.128. The number of halogens is 1. The van der Waals surface area contributed by atoms with Crippen molar-refractivity contribution in [1.82, 2.24) is 5.32 Å². The van der Waals surface area contributed by atoms with Crippen molar-refractivity contribution < 1.29 is 4.39 Å². The molecule has 0 saturated heterocycles. The molecule has 1 nitrogen and oxygen atoms in total. The SMILES string of the molecule is CNC(c1cccc(C)c1F)c1cccc2ccsc12. The first-order valence-electron chi connectivity index (χ1n) is 6.60. The Bertz CT molecular complexity index is 748. The van der Waals surface area contributed by atoms with E-state index in [1.54, 1.807) is 24.3 Å². The highest BCUT2D eigenvalue weighted by Crippen LogP contribution is 2.33. The summed E-state index contributed by atoms with van der Waals surface area (Å²) in [6.07, 6.45) is 0. The second-order valence-corrected chi connectivity index (χ2v) is 5.80. The molecule has 0 amide bonds. The minimum Gasteiger partial charge on any atom is -0.309 e. The maximum atomic E-state index is 14.4. The quantitative estimate of drug-likeness (QED) is 0.738. The maximum absolute atomic E-state index is 14.4. The predicted octanol–water partition coefficient (Wildman–Crippen LogP) is 4.66. The lowest BCUT2D eigenvalue weighted by Crippen LogP contribution is -2.19. The number of thiophene rings is 1. The first kappa shape index (κ1) is 13.3. The molecule has 0 bridgehead atoms. The van der Waals surface area contributed by atoms with Crippen molar-refractivity contribution in [1.29, 1.82) is 0 Å². The molecule has 20 heavy (non-hydrogen) atoms. The smallest absolute Gasteiger partial charge is 0.131 e. The second kappa shape index (κ2) is 5.35. The van der Waals surface area contributed by atoms with E-state index in [1.807, 2.05) is 25.2 Å². The molecule has 3 rings (SSSR count). The van der Waals surface area contributed by atoms with Crippen molar-refractivity contribution in [2.24, 2.45) is 0 Å². The highest BCUT2D eigenvalue weighted by atomic mass is 32.1. The zero-order valence-electron chi connectivity index (χ0n) is 11.5. The van der Waals surface area contributed by atoms with Gasteiger partial charge in [-0.1, -0.05) is 36.4 Å². The lowest BCUT2D eigenvalue weighted by atomic mass is 9.96. The molecule has 1 N–H and O–H groups in total. The molecule has 0 radical (unpaired) electrons. The summed E-state index contributed by atoms with van der Waals surface area (Å²) >= 11 is 1.70. The number of fused-ring (bicyclic) bond motifs is 1. The molecule has 2 aromatic carbocycles. The van der Waals surface area contributed by atoms with Gasteiger partial charge < -0.3 is 5.32 Å². The Morgan fingerprint density at radius 3 is 2.60 bits per heavy atom. The lowest BCUT2D eigenvalue weighted by molar-refractivity contribution is 0.570. The summed E-state index contributed by atoms with van der Waals surface area (Å²) in [5.74, 6) is -0.125. The predicted molar refractivity (Wildman–Crippen MR) is 83.9 cm³/mol. The molecule has 0 aliphatic carbocycles. The lowest BCUT2D eigenvalue weighted by Gasteiger charge is -2.19. The number of nitrogens with one attached hydrogen (secondary N) is 1. The van der Waals surface area contributed by atoms with Crippen LogP contribution in [0.5, 0.6) is 0 Å². The summed E-state index contributed by atoms with van der Waals surface area (Å²) in [4.78, 5) is 0. The van der Waals surface area contributed by atoms with Crippen molar-refractivity contribution in [3.05, 3.63) is 70.4 Å². The van der Waals surface area contributed by atoms with Crippen LogP contribution in [0.15, 0.2) is 47.8 Å². The first-order chi connectivity index (χ1) is 9.72. The van der Waals surface area contributed by atoms with Gasteiger partial charge in [-0.15, -0.1) is 11.3 Å². The fourth-order valence-corrected chi connectivity index (χ4v) is 3.56. The summed E-state index contributed by atoms with van der Waals surface area (Å²) in [7, 11) is 1.87. The van der Waals surface area contributed by atoms with Crippen molar-refractivity contribution in [2.45, 2.75) is 13.0 Å². The molecular weight excluding hydrogens is 269 g/mol. The zero-order chi connectivity index (χ0) is 14.1. The van der Waals surface area contributed by atoms with Gasteiger partial charge in [-0.25, -0.2) is 4.39 Å². The van der Waals surface area contributed by atoms with Crippen LogP contribution in [0.1, 0.15) is 22.7 Å². The third-order valence-corrected chi connectivity index (χ3v) is 4.62. The molecule has 1 atom stereocenters. The van der Waals surface area contributed by atoms with Crippen molar-refractivity contribution in [2.75, 3.05) is 7.05 Å². The van der Waals surface area contributed by atoms with Crippen molar-refractivity contribution in [3.8, 4) is 0 Å².